The van der Waals surface area contributed by atoms with E-state index in [9.17, 15) is 5.11 Å². The van der Waals surface area contributed by atoms with Gasteiger partial charge in [-0.05, 0) is 44.8 Å². The Morgan fingerprint density at radius 3 is 2.42 bits per heavy atom. The maximum Gasteiger partial charge on any atom is 0.191 e. The molecule has 5 nitrogen and oxygen atoms in total. The van der Waals surface area contributed by atoms with Crippen LogP contribution in [0.15, 0.2) is 35.3 Å². The molecule has 0 aromatic heterocycles. The predicted molar refractivity (Wildman–Crippen MR) is 121 cm³/mol. The van der Waals surface area contributed by atoms with Crippen molar-refractivity contribution in [3.8, 4) is 0 Å². The van der Waals surface area contributed by atoms with Gasteiger partial charge in [-0.25, -0.2) is 0 Å². The zero-order chi connectivity index (χ0) is 17.9. The number of hydrogen-bond acceptors (Lipinski definition) is 3. The van der Waals surface area contributed by atoms with E-state index in [1.54, 1.807) is 0 Å². The fourth-order valence-electron chi connectivity index (χ4n) is 3.38. The number of likely N-dealkylation sites (tertiary alicyclic amines) is 1. The second-order valence-electron chi connectivity index (χ2n) is 6.70. The van der Waals surface area contributed by atoms with Crippen LogP contribution in [0.2, 0.25) is 0 Å². The largest absolute Gasteiger partial charge is 0.396 e. The van der Waals surface area contributed by atoms with Crippen molar-refractivity contribution in [1.82, 2.24) is 15.5 Å². The summed E-state index contributed by atoms with van der Waals surface area (Å²) in [6.45, 7) is 9.19. The van der Waals surface area contributed by atoms with Gasteiger partial charge in [0.2, 0.25) is 0 Å². The number of aliphatic hydroxyl groups is 1. The molecule has 0 spiro atoms. The summed E-state index contributed by atoms with van der Waals surface area (Å²) in [6, 6.07) is 10.7. The lowest BCUT2D eigenvalue weighted by molar-refractivity contribution is 0.242. The fourth-order valence-corrected chi connectivity index (χ4v) is 3.38. The van der Waals surface area contributed by atoms with Gasteiger partial charge in [0.1, 0.15) is 0 Å². The Morgan fingerprint density at radius 1 is 1.15 bits per heavy atom. The van der Waals surface area contributed by atoms with Crippen LogP contribution in [0.4, 0.5) is 0 Å². The molecule has 26 heavy (non-hydrogen) atoms. The van der Waals surface area contributed by atoms with E-state index in [-0.39, 0.29) is 36.5 Å². The van der Waals surface area contributed by atoms with Crippen molar-refractivity contribution in [3.05, 3.63) is 35.9 Å². The van der Waals surface area contributed by atoms with Crippen molar-refractivity contribution in [2.45, 2.75) is 45.1 Å². The van der Waals surface area contributed by atoms with Crippen LogP contribution in [-0.2, 0) is 0 Å². The average Bonchev–Trinajstić information content (AvgIpc) is 3.18. The van der Waals surface area contributed by atoms with Gasteiger partial charge in [-0.1, -0.05) is 37.3 Å². The number of nitrogens with one attached hydrogen (secondary N) is 2. The molecular formula is C20H35IN4O. The third-order valence-electron chi connectivity index (χ3n) is 4.94. The second-order valence-corrected chi connectivity index (χ2v) is 6.70. The first-order valence-corrected chi connectivity index (χ1v) is 9.70. The standard InChI is InChI=1S/C20H34N4O.HI/c1-3-19(24-12-8-9-13-24)15-23-20(21-4-2)22-14-18(16-25)17-10-6-5-7-11-17;/h5-7,10-11,18-19,25H,3-4,8-9,12-16H2,1-2H3,(H2,21,22,23);1H. The molecule has 0 amide bonds. The summed E-state index contributed by atoms with van der Waals surface area (Å²) in [6.07, 6.45) is 3.76. The molecule has 0 aliphatic carbocycles. The zero-order valence-corrected chi connectivity index (χ0v) is 18.5. The summed E-state index contributed by atoms with van der Waals surface area (Å²) >= 11 is 0. The monoisotopic (exact) mass is 474 g/mol. The molecule has 148 valence electrons. The van der Waals surface area contributed by atoms with Crippen LogP contribution in [0.25, 0.3) is 0 Å². The summed E-state index contributed by atoms with van der Waals surface area (Å²) < 4.78 is 0. The molecule has 1 aliphatic heterocycles. The second kappa shape index (κ2) is 13.3. The first kappa shape index (κ1) is 23.2. The lowest BCUT2D eigenvalue weighted by Gasteiger charge is -2.25. The Balaban J connectivity index is 0.00000338. The summed E-state index contributed by atoms with van der Waals surface area (Å²) in [5.74, 6) is 0.917. The first-order valence-electron chi connectivity index (χ1n) is 9.70. The lowest BCUT2D eigenvalue weighted by Crippen LogP contribution is -2.41. The SMILES string of the molecule is CCNC(=NCC(CC)N1CCCC1)NCC(CO)c1ccccc1.I. The van der Waals surface area contributed by atoms with Gasteiger partial charge in [0.05, 0.1) is 13.2 Å². The summed E-state index contributed by atoms with van der Waals surface area (Å²) in [5, 5.41) is 16.4. The number of benzene rings is 1. The van der Waals surface area contributed by atoms with Gasteiger partial charge < -0.3 is 15.7 Å². The van der Waals surface area contributed by atoms with Crippen LogP contribution in [0.3, 0.4) is 0 Å². The van der Waals surface area contributed by atoms with Crippen LogP contribution in [0, 0.1) is 0 Å². The third kappa shape index (κ3) is 7.40. The first-order chi connectivity index (χ1) is 12.3. The molecule has 0 saturated carbocycles. The average molecular weight is 474 g/mol. The van der Waals surface area contributed by atoms with E-state index in [2.05, 4.69) is 41.5 Å². The van der Waals surface area contributed by atoms with Crippen LogP contribution in [0.5, 0.6) is 0 Å². The van der Waals surface area contributed by atoms with E-state index in [0.29, 0.717) is 12.6 Å². The molecule has 1 heterocycles. The molecule has 2 atom stereocenters. The maximum atomic E-state index is 9.72. The van der Waals surface area contributed by atoms with Gasteiger partial charge in [-0.15, -0.1) is 24.0 Å². The van der Waals surface area contributed by atoms with E-state index in [4.69, 9.17) is 4.99 Å². The van der Waals surface area contributed by atoms with Gasteiger partial charge >= 0.3 is 0 Å². The molecule has 6 heteroatoms. The topological polar surface area (TPSA) is 59.9 Å². The Kier molecular flexibility index (Phi) is 11.9. The van der Waals surface area contributed by atoms with Crippen molar-refractivity contribution in [1.29, 1.82) is 0 Å². The van der Waals surface area contributed by atoms with Crippen LogP contribution >= 0.6 is 24.0 Å². The van der Waals surface area contributed by atoms with Gasteiger partial charge in [-0.3, -0.25) is 9.89 Å². The Labute approximate surface area is 175 Å². The van der Waals surface area contributed by atoms with Crippen LogP contribution in [-0.4, -0.2) is 61.3 Å². The van der Waals surface area contributed by atoms with E-state index < -0.39 is 0 Å². The van der Waals surface area contributed by atoms with Gasteiger partial charge in [0.25, 0.3) is 0 Å². The molecule has 0 radical (unpaired) electrons. The number of nitrogens with zero attached hydrogens (tertiary/aromatic N) is 2. The quantitative estimate of drug-likeness (QED) is 0.293. The van der Waals surface area contributed by atoms with Crippen molar-refractivity contribution in [3.63, 3.8) is 0 Å². The Morgan fingerprint density at radius 2 is 1.85 bits per heavy atom. The van der Waals surface area contributed by atoms with E-state index in [0.717, 1.165) is 31.0 Å². The van der Waals surface area contributed by atoms with Crippen molar-refractivity contribution in [2.24, 2.45) is 4.99 Å². The maximum absolute atomic E-state index is 9.72. The highest BCUT2D eigenvalue weighted by atomic mass is 127. The number of hydrogen-bond donors (Lipinski definition) is 3. The smallest absolute Gasteiger partial charge is 0.191 e. The molecule has 3 N–H and O–H groups in total. The van der Waals surface area contributed by atoms with Gasteiger partial charge in [-0.2, -0.15) is 0 Å². The van der Waals surface area contributed by atoms with Crippen LogP contribution in [0.1, 0.15) is 44.6 Å². The summed E-state index contributed by atoms with van der Waals surface area (Å²) in [4.78, 5) is 7.36. The third-order valence-corrected chi connectivity index (χ3v) is 4.94. The minimum absolute atomic E-state index is 0. The van der Waals surface area contributed by atoms with Crippen molar-refractivity contribution < 1.29 is 5.11 Å². The fraction of sp³-hybridized carbons (Fsp3) is 0.650. The Hall–Kier alpha value is -0.860. The van der Waals surface area contributed by atoms with E-state index in [1.165, 1.54) is 25.9 Å². The number of halogens is 1. The van der Waals surface area contributed by atoms with Gasteiger partial charge in [0.15, 0.2) is 5.96 Å². The minimum atomic E-state index is 0. The lowest BCUT2D eigenvalue weighted by atomic mass is 10.0. The zero-order valence-electron chi connectivity index (χ0n) is 16.2. The summed E-state index contributed by atoms with van der Waals surface area (Å²) in [7, 11) is 0. The van der Waals surface area contributed by atoms with Crippen molar-refractivity contribution >= 4 is 29.9 Å². The Bertz CT molecular complexity index is 506. The summed E-state index contributed by atoms with van der Waals surface area (Å²) in [5.41, 5.74) is 1.15. The minimum Gasteiger partial charge on any atom is -0.396 e. The van der Waals surface area contributed by atoms with Gasteiger partial charge in [0, 0.05) is 25.0 Å². The highest BCUT2D eigenvalue weighted by Crippen LogP contribution is 2.15. The van der Waals surface area contributed by atoms with E-state index >= 15 is 0 Å². The number of aliphatic hydroxyl groups excluding tert-OH is 1. The number of aliphatic imine (C=N–C) groups is 1. The molecule has 1 aliphatic rings. The molecule has 1 aromatic carbocycles. The van der Waals surface area contributed by atoms with Crippen molar-refractivity contribution in [2.75, 3.05) is 39.3 Å². The van der Waals surface area contributed by atoms with E-state index in [1.807, 2.05) is 18.2 Å². The molecule has 1 aromatic rings. The molecule has 1 fully saturated rings. The molecular weight excluding hydrogens is 439 g/mol. The predicted octanol–water partition coefficient (Wildman–Crippen LogP) is 2.81. The molecule has 0 bridgehead atoms. The highest BCUT2D eigenvalue weighted by Gasteiger charge is 2.20. The van der Waals surface area contributed by atoms with Crippen LogP contribution < -0.4 is 10.6 Å². The number of guanidine groups is 1. The molecule has 1 saturated heterocycles. The highest BCUT2D eigenvalue weighted by molar-refractivity contribution is 14.0. The number of rotatable bonds is 9. The normalized spacial score (nSPS) is 17.4. The molecule has 2 rings (SSSR count). The molecule has 2 unspecified atom stereocenters.